The van der Waals surface area contributed by atoms with Crippen molar-refractivity contribution in [2.75, 3.05) is 13.2 Å². The molecule has 0 bridgehead atoms. The van der Waals surface area contributed by atoms with E-state index in [9.17, 15) is 89.7 Å². The number of Topliss-reactive ketones (excluding diaryl/α,β-unsaturated/α-hetero) is 2. The van der Waals surface area contributed by atoms with E-state index in [1.54, 1.807) is 0 Å². The van der Waals surface area contributed by atoms with Gasteiger partial charge in [-0.05, 0) is 13.8 Å². The van der Waals surface area contributed by atoms with E-state index in [0.717, 1.165) is 20.8 Å². The van der Waals surface area contributed by atoms with Crippen molar-refractivity contribution in [2.45, 2.75) is 199 Å². The van der Waals surface area contributed by atoms with Crippen LogP contribution in [0, 0.1) is 0 Å². The van der Waals surface area contributed by atoms with Crippen molar-refractivity contribution in [2.24, 2.45) is 11.5 Å². The van der Waals surface area contributed by atoms with E-state index in [1.807, 2.05) is 0 Å². The van der Waals surface area contributed by atoms with E-state index in [1.165, 1.54) is 6.92 Å². The number of nitrogens with one attached hydrogen (secondary N) is 3. The molecule has 1 aliphatic carbocycles. The number of ether oxygens (including phenoxy) is 10. The molecule has 74 heavy (non-hydrogen) atoms. The van der Waals surface area contributed by atoms with Gasteiger partial charge in [0.05, 0.1) is 19.3 Å². The maximum absolute atomic E-state index is 13.2. The van der Waals surface area contributed by atoms with Gasteiger partial charge in [0.15, 0.2) is 67.4 Å². The van der Waals surface area contributed by atoms with Crippen LogP contribution in [-0.4, -0.2) is 270 Å². The van der Waals surface area contributed by atoms with Crippen molar-refractivity contribution < 1.29 is 137 Å². The number of aliphatic hydroxyl groups is 11. The topological polar surface area (TPSA) is 522 Å². The Kier molecular flexibility index (Phi) is 19.1. The maximum Gasteiger partial charge on any atom is 0.404 e. The molecule has 6 aliphatic rings. The van der Waals surface area contributed by atoms with Gasteiger partial charge in [-0.2, -0.15) is 0 Å². The molecule has 0 aromatic carbocycles. The van der Waals surface area contributed by atoms with Crippen molar-refractivity contribution in [1.29, 1.82) is 0 Å². The molecule has 6 rings (SSSR count). The van der Waals surface area contributed by atoms with E-state index in [2.05, 4.69) is 16.0 Å². The SMILES string of the molecule is CC(=O)NC1[C@H](O[C@@H]2C(CO[C@@H]3OC(CO)[C@@H](O)[C@H](O)C3O)O[C@@H](OC3[C@@H](OC(N)=O)[C@](C)(O)C(C(N)=O)O[C@@H]3O)C(NC(C)=O)[C@H]2O)OC(C)[C@@H](O[C@@H]2OC(C(=O)NC3C(=O)CCC3=O)[C@H](O)[C@H](O)C2O)[C@@H]1O. The van der Waals surface area contributed by atoms with Crippen molar-refractivity contribution >= 4 is 41.3 Å². The molecule has 5 amide bonds. The molecule has 10 unspecified atom stereocenters. The fourth-order valence-corrected chi connectivity index (χ4v) is 9.37. The van der Waals surface area contributed by atoms with E-state index in [-0.39, 0.29) is 12.8 Å². The molecule has 1 saturated carbocycles. The fourth-order valence-electron chi connectivity index (χ4n) is 9.37. The monoisotopic (exact) mass is 1070 g/mol. The number of ketones is 2. The number of hydrogen-bond donors (Lipinski definition) is 16. The highest BCUT2D eigenvalue weighted by Gasteiger charge is 2.61. The molecule has 5 heterocycles. The lowest BCUT2D eigenvalue weighted by molar-refractivity contribution is -0.376. The minimum atomic E-state index is -2.62. The van der Waals surface area contributed by atoms with Crippen LogP contribution in [-0.2, 0) is 76.1 Å². The van der Waals surface area contributed by atoms with Gasteiger partial charge in [0, 0.05) is 26.7 Å². The summed E-state index contributed by atoms with van der Waals surface area (Å²) in [5.41, 5.74) is 7.99. The van der Waals surface area contributed by atoms with Crippen molar-refractivity contribution in [3.63, 3.8) is 0 Å². The van der Waals surface area contributed by atoms with Crippen LogP contribution < -0.4 is 27.4 Å². The molecule has 0 radical (unpaired) electrons. The van der Waals surface area contributed by atoms with Crippen LogP contribution in [0.15, 0.2) is 0 Å². The van der Waals surface area contributed by atoms with Crippen molar-refractivity contribution in [1.82, 2.24) is 16.0 Å². The van der Waals surface area contributed by atoms with E-state index < -0.39 is 213 Å². The number of carbonyl (C=O) groups is 7. The normalized spacial score (nSPS) is 45.1. The Balaban J connectivity index is 1.30. The second-order valence-corrected chi connectivity index (χ2v) is 18.7. The molecule has 0 aromatic heterocycles. The Morgan fingerprint density at radius 3 is 1.70 bits per heavy atom. The highest BCUT2D eigenvalue weighted by atomic mass is 16.8. The Hall–Kier alpha value is -4.31. The summed E-state index contributed by atoms with van der Waals surface area (Å²) in [6, 6.07) is -5.23. The summed E-state index contributed by atoms with van der Waals surface area (Å²) in [6.07, 6.45) is -45.6. The molecule has 33 heteroatoms. The van der Waals surface area contributed by atoms with Crippen LogP contribution in [0.1, 0.15) is 40.5 Å². The first kappa shape index (κ1) is 58.9. The van der Waals surface area contributed by atoms with Crippen LogP contribution in [0.4, 0.5) is 4.79 Å². The molecular formula is C41H63N5O28. The average Bonchev–Trinajstić information content (AvgIpc) is 3.63. The number of primary amides is 2. The van der Waals surface area contributed by atoms with Gasteiger partial charge in [-0.1, -0.05) is 0 Å². The standard InChI is InChI=1S/C41H63N5O28/c1-9-27(69-39-26(59)23(56)24(57)29(71-39)34(61)46-16-12(50)5-6-13(16)51)20(53)17(44-10(2)48)36(66-9)70-28-15(8-65-38-25(58)22(55)19(52)14(7-47)67-38)68-37(18(21(28)54)45-11(3)49)72-30-31(74-40(43)63)41(4,64)32(33(42)60)73-35(30)62/h9,14-32,35-39,47,52-59,62,64H,5-8H2,1-4H3,(H2,42,60)(H2,43,63)(H,44,48)(H,45,49)(H,46,61)/t9?,14?,15?,17?,18?,19-,20-,21-,22+,23+,24-,25?,26?,27-,28-,29?,30?,31-,32?,35+,36+,37+,38-,39-,41+/m1/s1. The number of carbonyl (C=O) groups excluding carboxylic acids is 7. The summed E-state index contributed by atoms with van der Waals surface area (Å²) in [6.45, 7) is 2.30. The van der Waals surface area contributed by atoms with Crippen LogP contribution in [0.3, 0.4) is 0 Å². The lowest BCUT2D eigenvalue weighted by Gasteiger charge is -2.51. The van der Waals surface area contributed by atoms with Crippen LogP contribution in [0.25, 0.3) is 0 Å². The summed E-state index contributed by atoms with van der Waals surface area (Å²) in [4.78, 5) is 87.5. The Labute approximate surface area is 418 Å². The molecule has 5 saturated heterocycles. The lowest BCUT2D eigenvalue weighted by atomic mass is 9.85. The number of nitrogens with two attached hydrogens (primary N) is 2. The Morgan fingerprint density at radius 2 is 1.15 bits per heavy atom. The smallest absolute Gasteiger partial charge is 0.404 e. The van der Waals surface area contributed by atoms with E-state index in [4.69, 9.17) is 58.8 Å². The third-order valence-corrected chi connectivity index (χ3v) is 13.2. The number of hydrogen-bond acceptors (Lipinski definition) is 28. The molecule has 33 nitrogen and oxygen atoms in total. The first-order chi connectivity index (χ1) is 34.6. The fraction of sp³-hybridized carbons (Fsp3) is 0.829. The molecule has 420 valence electrons. The first-order valence-corrected chi connectivity index (χ1v) is 23.1. The minimum absolute atomic E-state index is 0.167. The lowest BCUT2D eigenvalue weighted by Crippen LogP contribution is -2.72. The summed E-state index contributed by atoms with van der Waals surface area (Å²) in [7, 11) is 0. The predicted octanol–water partition coefficient (Wildman–Crippen LogP) is -11.2. The van der Waals surface area contributed by atoms with Gasteiger partial charge in [0.25, 0.3) is 5.91 Å². The third-order valence-electron chi connectivity index (χ3n) is 13.2. The van der Waals surface area contributed by atoms with Crippen molar-refractivity contribution in [3.8, 4) is 0 Å². The van der Waals surface area contributed by atoms with Gasteiger partial charge in [0.2, 0.25) is 17.7 Å². The molecule has 0 spiro atoms. The third kappa shape index (κ3) is 12.4. The highest BCUT2D eigenvalue weighted by molar-refractivity contribution is 6.14. The van der Waals surface area contributed by atoms with Gasteiger partial charge in [0.1, 0.15) is 97.0 Å². The zero-order chi connectivity index (χ0) is 55.0. The molecule has 25 atom stereocenters. The highest BCUT2D eigenvalue weighted by Crippen LogP contribution is 2.38. The Morgan fingerprint density at radius 1 is 0.635 bits per heavy atom. The van der Waals surface area contributed by atoms with Gasteiger partial charge >= 0.3 is 6.09 Å². The van der Waals surface area contributed by atoms with Crippen molar-refractivity contribution in [3.05, 3.63) is 0 Å². The van der Waals surface area contributed by atoms with Gasteiger partial charge in [-0.25, -0.2) is 4.79 Å². The molecular weight excluding hydrogens is 1010 g/mol. The van der Waals surface area contributed by atoms with Gasteiger partial charge in [-0.3, -0.25) is 28.8 Å². The first-order valence-electron chi connectivity index (χ1n) is 23.1. The largest absolute Gasteiger partial charge is 0.440 e. The average molecular weight is 1070 g/mol. The van der Waals surface area contributed by atoms with Gasteiger partial charge in [-0.15, -0.1) is 0 Å². The number of amides is 5. The molecule has 0 aromatic rings. The molecule has 5 aliphatic heterocycles. The summed E-state index contributed by atoms with van der Waals surface area (Å²) < 4.78 is 57.2. The van der Waals surface area contributed by atoms with Crippen LogP contribution in [0.5, 0.6) is 0 Å². The number of rotatable bonds is 16. The predicted molar refractivity (Wildman–Crippen MR) is 228 cm³/mol. The van der Waals surface area contributed by atoms with E-state index >= 15 is 0 Å². The minimum Gasteiger partial charge on any atom is -0.440 e. The molecule has 6 fully saturated rings. The summed E-state index contributed by atoms with van der Waals surface area (Å²) >= 11 is 0. The van der Waals surface area contributed by atoms with Gasteiger partial charge < -0.3 is 131 Å². The van der Waals surface area contributed by atoms with Crippen LogP contribution >= 0.6 is 0 Å². The quantitative estimate of drug-likeness (QED) is 0.0638. The van der Waals surface area contributed by atoms with E-state index in [0.29, 0.717) is 0 Å². The Bertz CT molecular complexity index is 2040. The second kappa shape index (κ2) is 23.9. The maximum atomic E-state index is 13.2. The summed E-state index contributed by atoms with van der Waals surface area (Å²) in [5.74, 6) is -5.61. The zero-order valence-corrected chi connectivity index (χ0v) is 39.8. The molecule has 18 N–H and O–H groups in total. The summed E-state index contributed by atoms with van der Waals surface area (Å²) in [5, 5.41) is 127. The second-order valence-electron chi connectivity index (χ2n) is 18.7. The number of aliphatic hydroxyl groups excluding tert-OH is 10. The zero-order valence-electron chi connectivity index (χ0n) is 39.8. The van der Waals surface area contributed by atoms with Crippen LogP contribution in [0.2, 0.25) is 0 Å².